The first-order valence-electron chi connectivity index (χ1n) is 10.1. The number of rotatable bonds is 8. The maximum Gasteiger partial charge on any atom is 0.407 e. The van der Waals surface area contributed by atoms with Crippen molar-refractivity contribution < 1.29 is 14.5 Å². The fraction of sp³-hybridized carbons (Fsp3) is 0.409. The molecule has 1 saturated carbocycles. The van der Waals surface area contributed by atoms with Gasteiger partial charge in [0.25, 0.3) is 5.69 Å². The number of para-hydroxylation sites is 1. The van der Waals surface area contributed by atoms with Crippen molar-refractivity contribution in [3.8, 4) is 0 Å². The summed E-state index contributed by atoms with van der Waals surface area (Å²) in [6.45, 7) is 0.883. The number of hydrogen-bond acceptors (Lipinski definition) is 6. The van der Waals surface area contributed by atoms with E-state index in [-0.39, 0.29) is 23.3 Å². The van der Waals surface area contributed by atoms with Gasteiger partial charge in [-0.15, -0.1) is 0 Å². The monoisotopic (exact) mass is 429 g/mol. The van der Waals surface area contributed by atoms with Crippen molar-refractivity contribution in [1.29, 1.82) is 0 Å². The smallest absolute Gasteiger partial charge is 0.407 e. The Bertz CT molecular complexity index is 841. The highest BCUT2D eigenvalue weighted by molar-refractivity contribution is 7.97. The summed E-state index contributed by atoms with van der Waals surface area (Å²) >= 11 is 1.43. The minimum Gasteiger partial charge on any atom is -0.445 e. The molecule has 8 heteroatoms. The van der Waals surface area contributed by atoms with Crippen LogP contribution >= 0.6 is 11.9 Å². The van der Waals surface area contributed by atoms with Crippen LogP contribution in [0.15, 0.2) is 59.5 Å². The van der Waals surface area contributed by atoms with Crippen LogP contribution in [0.3, 0.4) is 0 Å². The van der Waals surface area contributed by atoms with Gasteiger partial charge in [0.1, 0.15) is 11.5 Å². The number of carbonyl (C=O) groups is 1. The zero-order valence-electron chi connectivity index (χ0n) is 17.0. The fourth-order valence-corrected chi connectivity index (χ4v) is 4.67. The van der Waals surface area contributed by atoms with E-state index in [1.807, 2.05) is 43.4 Å². The summed E-state index contributed by atoms with van der Waals surface area (Å²) in [4.78, 5) is 23.5. The maximum atomic E-state index is 11.9. The number of amides is 1. The Morgan fingerprint density at radius 1 is 1.13 bits per heavy atom. The molecule has 2 aromatic carbocycles. The molecular formula is C22H27N3O4S. The Labute approximate surface area is 181 Å². The molecule has 1 fully saturated rings. The van der Waals surface area contributed by atoms with Crippen LogP contribution < -0.4 is 5.32 Å². The Kier molecular flexibility index (Phi) is 8.10. The van der Waals surface area contributed by atoms with Crippen molar-refractivity contribution in [2.75, 3.05) is 13.6 Å². The first-order chi connectivity index (χ1) is 14.5. The van der Waals surface area contributed by atoms with Crippen molar-refractivity contribution in [3.05, 3.63) is 70.3 Å². The number of carbonyl (C=O) groups excluding carboxylic acids is 1. The Morgan fingerprint density at radius 2 is 1.80 bits per heavy atom. The van der Waals surface area contributed by atoms with Gasteiger partial charge in [0, 0.05) is 18.7 Å². The number of alkyl carbamates (subject to hydrolysis) is 1. The average Bonchev–Trinajstić information content (AvgIpc) is 2.77. The van der Waals surface area contributed by atoms with E-state index < -0.39 is 0 Å². The van der Waals surface area contributed by atoms with E-state index in [9.17, 15) is 14.9 Å². The van der Waals surface area contributed by atoms with Crippen LogP contribution in [-0.4, -0.2) is 35.0 Å². The van der Waals surface area contributed by atoms with Gasteiger partial charge in [-0.05, 0) is 62.2 Å². The molecule has 3 rings (SSSR count). The van der Waals surface area contributed by atoms with Gasteiger partial charge in [0.15, 0.2) is 0 Å². The quantitative estimate of drug-likeness (QED) is 0.360. The van der Waals surface area contributed by atoms with Gasteiger partial charge in [-0.3, -0.25) is 10.1 Å². The minimum atomic E-state index is -0.384. The molecule has 2 aromatic rings. The van der Waals surface area contributed by atoms with Crippen molar-refractivity contribution in [2.45, 2.75) is 43.2 Å². The van der Waals surface area contributed by atoms with Crippen LogP contribution in [0.25, 0.3) is 0 Å². The van der Waals surface area contributed by atoms with E-state index in [0.717, 1.165) is 31.2 Å². The Morgan fingerprint density at radius 3 is 2.50 bits per heavy atom. The summed E-state index contributed by atoms with van der Waals surface area (Å²) in [7, 11) is 1.99. The lowest BCUT2D eigenvalue weighted by Gasteiger charge is -2.33. The number of nitro groups is 1. The van der Waals surface area contributed by atoms with Crippen molar-refractivity contribution >= 4 is 23.7 Å². The van der Waals surface area contributed by atoms with E-state index in [1.54, 1.807) is 12.1 Å². The normalized spacial score (nSPS) is 18.7. The third-order valence-corrected chi connectivity index (χ3v) is 6.51. The molecule has 30 heavy (non-hydrogen) atoms. The Balaban J connectivity index is 1.38. The highest BCUT2D eigenvalue weighted by atomic mass is 32.2. The van der Waals surface area contributed by atoms with Crippen molar-refractivity contribution in [2.24, 2.45) is 5.92 Å². The third-order valence-electron chi connectivity index (χ3n) is 5.38. The van der Waals surface area contributed by atoms with Crippen LogP contribution in [0, 0.1) is 16.0 Å². The third kappa shape index (κ3) is 6.47. The maximum absolute atomic E-state index is 11.9. The molecule has 0 atom stereocenters. The summed E-state index contributed by atoms with van der Waals surface area (Å²) in [6.07, 6.45) is 3.62. The molecule has 0 radical (unpaired) electrons. The molecular weight excluding hydrogens is 402 g/mol. The molecule has 1 aliphatic rings. The second-order valence-corrected chi connectivity index (χ2v) is 8.68. The SMILES string of the molecule is CN(Sc1ccccc1[N+](=O)[O-])C1CCC(CNC(=O)OCc2ccccc2)CC1. The highest BCUT2D eigenvalue weighted by Crippen LogP contribution is 2.35. The molecule has 0 bridgehead atoms. The molecule has 1 aliphatic carbocycles. The van der Waals surface area contributed by atoms with Gasteiger partial charge in [0.2, 0.25) is 0 Å². The van der Waals surface area contributed by atoms with E-state index in [4.69, 9.17) is 4.74 Å². The molecule has 1 N–H and O–H groups in total. The van der Waals surface area contributed by atoms with Crippen LogP contribution in [0.1, 0.15) is 31.2 Å². The number of hydrogen-bond donors (Lipinski definition) is 1. The van der Waals surface area contributed by atoms with Crippen LogP contribution in [0.5, 0.6) is 0 Å². The summed E-state index contributed by atoms with van der Waals surface area (Å²) in [6, 6.07) is 16.8. The van der Waals surface area contributed by atoms with Gasteiger partial charge in [-0.1, -0.05) is 42.5 Å². The molecule has 0 aromatic heterocycles. The zero-order valence-corrected chi connectivity index (χ0v) is 17.8. The lowest BCUT2D eigenvalue weighted by Crippen LogP contribution is -2.35. The average molecular weight is 430 g/mol. The van der Waals surface area contributed by atoms with Gasteiger partial charge < -0.3 is 10.1 Å². The fourth-order valence-electron chi connectivity index (χ4n) is 3.63. The topological polar surface area (TPSA) is 84.7 Å². The van der Waals surface area contributed by atoms with Gasteiger partial charge in [0.05, 0.1) is 4.92 Å². The van der Waals surface area contributed by atoms with E-state index in [1.165, 1.54) is 18.0 Å². The number of nitrogens with zero attached hydrogens (tertiary/aromatic N) is 2. The van der Waals surface area contributed by atoms with Crippen LogP contribution in [0.2, 0.25) is 0 Å². The van der Waals surface area contributed by atoms with Gasteiger partial charge >= 0.3 is 6.09 Å². The van der Waals surface area contributed by atoms with E-state index in [2.05, 4.69) is 9.62 Å². The second-order valence-electron chi connectivity index (χ2n) is 7.48. The predicted octanol–water partition coefficient (Wildman–Crippen LogP) is 5.02. The van der Waals surface area contributed by atoms with Gasteiger partial charge in [-0.25, -0.2) is 9.10 Å². The first-order valence-corrected chi connectivity index (χ1v) is 10.9. The number of ether oxygens (including phenoxy) is 1. The summed E-state index contributed by atoms with van der Waals surface area (Å²) < 4.78 is 7.38. The number of benzene rings is 2. The van der Waals surface area contributed by atoms with E-state index in [0.29, 0.717) is 23.4 Å². The standard InChI is InChI=1S/C22H27N3O4S/c1-24(30-21-10-6-5-9-20(21)25(27)28)19-13-11-17(12-14-19)15-23-22(26)29-16-18-7-3-2-4-8-18/h2-10,17,19H,11-16H2,1H3,(H,23,26). The predicted molar refractivity (Wildman–Crippen MR) is 117 cm³/mol. The number of nitro benzene ring substituents is 1. The van der Waals surface area contributed by atoms with Crippen LogP contribution in [-0.2, 0) is 11.3 Å². The van der Waals surface area contributed by atoms with Gasteiger partial charge in [-0.2, -0.15) is 0 Å². The lowest BCUT2D eigenvalue weighted by atomic mass is 9.86. The lowest BCUT2D eigenvalue weighted by molar-refractivity contribution is -0.387. The summed E-state index contributed by atoms with van der Waals surface area (Å²) in [5.74, 6) is 0.426. The molecule has 0 spiro atoms. The van der Waals surface area contributed by atoms with Crippen molar-refractivity contribution in [1.82, 2.24) is 9.62 Å². The largest absolute Gasteiger partial charge is 0.445 e. The molecule has 160 valence electrons. The van der Waals surface area contributed by atoms with E-state index >= 15 is 0 Å². The van der Waals surface area contributed by atoms with Crippen LogP contribution in [0.4, 0.5) is 10.5 Å². The molecule has 0 heterocycles. The summed E-state index contributed by atoms with van der Waals surface area (Å²) in [5, 5.41) is 14.1. The summed E-state index contributed by atoms with van der Waals surface area (Å²) in [5.41, 5.74) is 1.11. The zero-order chi connectivity index (χ0) is 21.3. The molecule has 0 unspecified atom stereocenters. The molecule has 7 nitrogen and oxygen atoms in total. The number of nitrogens with one attached hydrogen (secondary N) is 1. The minimum absolute atomic E-state index is 0.140. The van der Waals surface area contributed by atoms with Crippen molar-refractivity contribution in [3.63, 3.8) is 0 Å². The highest BCUT2D eigenvalue weighted by Gasteiger charge is 2.26. The first kappa shape index (κ1) is 22.1. The Hall–Kier alpha value is -2.58. The molecule has 0 aliphatic heterocycles. The molecule has 1 amide bonds. The molecule has 0 saturated heterocycles. The second kappa shape index (κ2) is 11.0.